The number of carbonyl (C=O) groups excluding carboxylic acids is 1. The number of nitrogens with zero attached hydrogens (tertiary/aromatic N) is 1. The Morgan fingerprint density at radius 1 is 1.38 bits per heavy atom. The van der Waals surface area contributed by atoms with Crippen molar-refractivity contribution in [2.75, 3.05) is 13.2 Å². The first-order valence-electron chi connectivity index (χ1n) is 6.73. The largest absolute Gasteiger partial charge is 0.450 e. The maximum atomic E-state index is 12.9. The topological polar surface area (TPSA) is 64.4 Å². The number of rotatable bonds is 5. The smallest absolute Gasteiger partial charge is 0.407 e. The van der Waals surface area contributed by atoms with E-state index in [1.165, 1.54) is 12.1 Å². The summed E-state index contributed by atoms with van der Waals surface area (Å²) >= 11 is 0. The minimum Gasteiger partial charge on any atom is -0.450 e. The minimum absolute atomic E-state index is 0.305. The molecule has 0 atom stereocenters. The number of nitrogens with one attached hydrogen (secondary N) is 1. The summed E-state index contributed by atoms with van der Waals surface area (Å²) in [5.74, 6) is 0.819. The van der Waals surface area contributed by atoms with Crippen molar-refractivity contribution in [1.29, 1.82) is 0 Å². The lowest BCUT2D eigenvalue weighted by molar-refractivity contribution is 0.152. The van der Waals surface area contributed by atoms with E-state index in [1.54, 1.807) is 26.0 Å². The highest BCUT2D eigenvalue weighted by Crippen LogP contribution is 2.22. The minimum atomic E-state index is -0.447. The van der Waals surface area contributed by atoms with Gasteiger partial charge in [-0.3, -0.25) is 0 Å². The molecule has 21 heavy (non-hydrogen) atoms. The molecule has 0 radical (unpaired) electrons. The van der Waals surface area contributed by atoms with Crippen LogP contribution in [0.15, 0.2) is 28.7 Å². The number of aryl methyl sites for hydroxylation is 1. The molecule has 1 N–H and O–H groups in total. The van der Waals surface area contributed by atoms with E-state index in [2.05, 4.69) is 10.3 Å². The van der Waals surface area contributed by atoms with Gasteiger partial charge in [0.25, 0.3) is 0 Å². The van der Waals surface area contributed by atoms with E-state index in [9.17, 15) is 9.18 Å². The number of halogens is 1. The highest BCUT2D eigenvalue weighted by atomic mass is 19.1. The van der Waals surface area contributed by atoms with E-state index in [0.29, 0.717) is 36.8 Å². The Hall–Kier alpha value is -2.37. The summed E-state index contributed by atoms with van der Waals surface area (Å²) in [4.78, 5) is 15.5. The molecular formula is C15H17FN2O3. The molecule has 112 valence electrons. The van der Waals surface area contributed by atoms with Crippen molar-refractivity contribution < 1.29 is 18.3 Å². The summed E-state index contributed by atoms with van der Waals surface area (Å²) in [6.07, 6.45) is 0.0902. The Bertz CT molecular complexity index is 608. The fraction of sp³-hybridized carbons (Fsp3) is 0.333. The second-order valence-electron chi connectivity index (χ2n) is 4.43. The first-order valence-corrected chi connectivity index (χ1v) is 6.73. The Morgan fingerprint density at radius 2 is 2.10 bits per heavy atom. The zero-order valence-corrected chi connectivity index (χ0v) is 12.0. The third-order valence-corrected chi connectivity index (χ3v) is 2.89. The molecule has 1 aromatic carbocycles. The predicted molar refractivity (Wildman–Crippen MR) is 75.4 cm³/mol. The molecule has 0 aliphatic heterocycles. The van der Waals surface area contributed by atoms with Gasteiger partial charge >= 0.3 is 6.09 Å². The van der Waals surface area contributed by atoms with Crippen LogP contribution in [0.2, 0.25) is 0 Å². The molecular weight excluding hydrogens is 275 g/mol. The van der Waals surface area contributed by atoms with Crippen molar-refractivity contribution in [1.82, 2.24) is 10.3 Å². The van der Waals surface area contributed by atoms with Gasteiger partial charge in [0.1, 0.15) is 11.6 Å². The standard InChI is InChI=1S/C15H17FN2O3/c1-3-20-15(19)17-9-8-13-10(2)21-14(18-13)11-4-6-12(16)7-5-11/h4-7H,3,8-9H2,1-2H3,(H,17,19). The summed E-state index contributed by atoms with van der Waals surface area (Å²) in [6.45, 7) is 4.30. The van der Waals surface area contributed by atoms with Crippen LogP contribution in [0.4, 0.5) is 9.18 Å². The number of aromatic nitrogens is 1. The van der Waals surface area contributed by atoms with Gasteiger partial charge in [0.2, 0.25) is 5.89 Å². The van der Waals surface area contributed by atoms with E-state index in [-0.39, 0.29) is 5.82 Å². The summed E-state index contributed by atoms with van der Waals surface area (Å²) in [5.41, 5.74) is 1.47. The molecule has 2 rings (SSSR count). The molecule has 0 saturated carbocycles. The molecule has 1 heterocycles. The average Bonchev–Trinajstić information content (AvgIpc) is 2.81. The maximum Gasteiger partial charge on any atom is 0.407 e. The van der Waals surface area contributed by atoms with Gasteiger partial charge in [-0.25, -0.2) is 14.2 Å². The molecule has 0 fully saturated rings. The number of ether oxygens (including phenoxy) is 1. The first kappa shape index (κ1) is 15.0. The molecule has 6 heteroatoms. The zero-order valence-electron chi connectivity index (χ0n) is 12.0. The van der Waals surface area contributed by atoms with Gasteiger partial charge in [-0.1, -0.05) is 0 Å². The van der Waals surface area contributed by atoms with Crippen LogP contribution < -0.4 is 5.32 Å². The van der Waals surface area contributed by atoms with Gasteiger partial charge in [0.15, 0.2) is 0 Å². The molecule has 0 saturated heterocycles. The third kappa shape index (κ3) is 4.05. The number of oxazole rings is 1. The fourth-order valence-corrected chi connectivity index (χ4v) is 1.84. The molecule has 0 spiro atoms. The second-order valence-corrected chi connectivity index (χ2v) is 4.43. The molecule has 0 aliphatic rings. The number of carbonyl (C=O) groups is 1. The van der Waals surface area contributed by atoms with Gasteiger partial charge in [-0.05, 0) is 38.1 Å². The van der Waals surface area contributed by atoms with Crippen LogP contribution in [0.5, 0.6) is 0 Å². The molecule has 2 aromatic rings. The Balaban J connectivity index is 1.99. The highest BCUT2D eigenvalue weighted by Gasteiger charge is 2.11. The van der Waals surface area contributed by atoms with E-state index in [4.69, 9.17) is 9.15 Å². The summed E-state index contributed by atoms with van der Waals surface area (Å²) in [5, 5.41) is 2.62. The normalized spacial score (nSPS) is 10.4. The van der Waals surface area contributed by atoms with Crippen molar-refractivity contribution in [2.24, 2.45) is 0 Å². The first-order chi connectivity index (χ1) is 10.1. The van der Waals surface area contributed by atoms with Crippen LogP contribution in [0.1, 0.15) is 18.4 Å². The number of alkyl carbamates (subject to hydrolysis) is 1. The van der Waals surface area contributed by atoms with Crippen LogP contribution in [-0.4, -0.2) is 24.2 Å². The number of hydrogen-bond acceptors (Lipinski definition) is 4. The number of hydrogen-bond donors (Lipinski definition) is 1. The van der Waals surface area contributed by atoms with Crippen LogP contribution >= 0.6 is 0 Å². The molecule has 1 amide bonds. The SMILES string of the molecule is CCOC(=O)NCCc1nc(-c2ccc(F)cc2)oc1C. The van der Waals surface area contributed by atoms with Crippen molar-refractivity contribution in [3.05, 3.63) is 41.5 Å². The zero-order chi connectivity index (χ0) is 15.2. The van der Waals surface area contributed by atoms with Gasteiger partial charge in [0, 0.05) is 18.5 Å². The Morgan fingerprint density at radius 3 is 2.76 bits per heavy atom. The summed E-state index contributed by atoms with van der Waals surface area (Å²) in [6, 6.07) is 5.94. The Labute approximate surface area is 122 Å². The van der Waals surface area contributed by atoms with E-state index in [0.717, 1.165) is 5.69 Å². The van der Waals surface area contributed by atoms with Crippen LogP contribution in [0.3, 0.4) is 0 Å². The van der Waals surface area contributed by atoms with Crippen molar-refractivity contribution in [3.8, 4) is 11.5 Å². The Kier molecular flexibility index (Phi) is 4.92. The van der Waals surface area contributed by atoms with Crippen LogP contribution in [0.25, 0.3) is 11.5 Å². The van der Waals surface area contributed by atoms with Gasteiger partial charge in [-0.15, -0.1) is 0 Å². The van der Waals surface area contributed by atoms with Crippen molar-refractivity contribution >= 4 is 6.09 Å². The van der Waals surface area contributed by atoms with Crippen LogP contribution in [-0.2, 0) is 11.2 Å². The van der Waals surface area contributed by atoms with Gasteiger partial charge in [-0.2, -0.15) is 0 Å². The lowest BCUT2D eigenvalue weighted by atomic mass is 10.2. The molecule has 1 aromatic heterocycles. The number of benzene rings is 1. The fourth-order valence-electron chi connectivity index (χ4n) is 1.84. The maximum absolute atomic E-state index is 12.9. The molecule has 0 aliphatic carbocycles. The third-order valence-electron chi connectivity index (χ3n) is 2.89. The summed E-state index contributed by atoms with van der Waals surface area (Å²) in [7, 11) is 0. The lowest BCUT2D eigenvalue weighted by Crippen LogP contribution is -2.26. The quantitative estimate of drug-likeness (QED) is 0.919. The summed E-state index contributed by atoms with van der Waals surface area (Å²) < 4.78 is 23.2. The van der Waals surface area contributed by atoms with Gasteiger partial charge in [0.05, 0.1) is 12.3 Å². The van der Waals surface area contributed by atoms with Crippen molar-refractivity contribution in [2.45, 2.75) is 20.3 Å². The lowest BCUT2D eigenvalue weighted by Gasteiger charge is -2.03. The monoisotopic (exact) mass is 292 g/mol. The van der Waals surface area contributed by atoms with E-state index in [1.807, 2.05) is 0 Å². The molecule has 0 unspecified atom stereocenters. The average molecular weight is 292 g/mol. The van der Waals surface area contributed by atoms with E-state index >= 15 is 0 Å². The second kappa shape index (κ2) is 6.88. The van der Waals surface area contributed by atoms with Crippen molar-refractivity contribution in [3.63, 3.8) is 0 Å². The van der Waals surface area contributed by atoms with Gasteiger partial charge < -0.3 is 14.5 Å². The highest BCUT2D eigenvalue weighted by molar-refractivity contribution is 5.67. The predicted octanol–water partition coefficient (Wildman–Crippen LogP) is 3.08. The number of amides is 1. The molecule has 5 nitrogen and oxygen atoms in total. The molecule has 0 bridgehead atoms. The van der Waals surface area contributed by atoms with Crippen LogP contribution in [0, 0.1) is 12.7 Å². The van der Waals surface area contributed by atoms with E-state index < -0.39 is 6.09 Å².